The fourth-order valence-corrected chi connectivity index (χ4v) is 10.2. The summed E-state index contributed by atoms with van der Waals surface area (Å²) in [5, 5.41) is 12.3. The van der Waals surface area contributed by atoms with Crippen LogP contribution in [0.25, 0.3) is 22.6 Å². The largest absolute Gasteiger partial charge is 0.425 e. The first-order valence-electron chi connectivity index (χ1n) is 37.0. The summed E-state index contributed by atoms with van der Waals surface area (Å²) in [6.07, 6.45) is 24.2. The number of nitrogens with zero attached hydrogens (tertiary/aromatic N) is 12. The molecule has 0 spiro atoms. The Hall–Kier alpha value is -8.74. The average Bonchev–Trinajstić information content (AvgIpc) is 1.07. The van der Waals surface area contributed by atoms with Gasteiger partial charge in [-0.1, -0.05) is 230 Å². The van der Waals surface area contributed by atoms with Crippen molar-refractivity contribution in [3.8, 4) is 34.9 Å². The van der Waals surface area contributed by atoms with Crippen molar-refractivity contribution >= 4 is 0 Å². The molecule has 114 heavy (non-hydrogen) atoms. The lowest BCUT2D eigenvalue weighted by Crippen LogP contribution is -2.16. The van der Waals surface area contributed by atoms with Gasteiger partial charge >= 0.3 is 0 Å². The van der Waals surface area contributed by atoms with Gasteiger partial charge in [0.15, 0.2) is 5.76 Å². The molecule has 0 atom stereocenters. The van der Waals surface area contributed by atoms with Crippen LogP contribution in [0, 0.1) is 50.2 Å². The Bertz CT molecular complexity index is 4130. The highest BCUT2D eigenvalue weighted by atomic mass is 19.3. The minimum atomic E-state index is -2.93. The van der Waals surface area contributed by atoms with Gasteiger partial charge in [-0.05, 0) is 137 Å². The molecular weight excluding hydrogens is 1460 g/mol. The number of hydrogen-bond acceptors (Lipinski definition) is 14. The lowest BCUT2D eigenvalue weighted by atomic mass is 9.85. The number of pyridine rings is 5. The zero-order chi connectivity index (χ0) is 82.4. The van der Waals surface area contributed by atoms with Gasteiger partial charge in [0, 0.05) is 119 Å². The van der Waals surface area contributed by atoms with E-state index in [-0.39, 0.29) is 97.8 Å². The van der Waals surface area contributed by atoms with E-state index in [1.54, 1.807) is 42.9 Å². The predicted octanol–water partition coefficient (Wildman–Crippen LogP) is 27.1. The molecule has 22 heteroatoms. The van der Waals surface area contributed by atoms with Crippen molar-refractivity contribution in [2.45, 2.75) is 304 Å². The molecule has 1 aliphatic carbocycles. The van der Waals surface area contributed by atoms with Crippen LogP contribution in [0.5, 0.6) is 0 Å². The minimum absolute atomic E-state index is 0. The van der Waals surface area contributed by atoms with E-state index in [0.717, 1.165) is 128 Å². The van der Waals surface area contributed by atoms with Gasteiger partial charge in [0.1, 0.15) is 45.8 Å². The van der Waals surface area contributed by atoms with Crippen LogP contribution in [0.1, 0.15) is 310 Å². The summed E-state index contributed by atoms with van der Waals surface area (Å²) in [6.45, 7) is 48.0. The van der Waals surface area contributed by atoms with Crippen LogP contribution in [0.4, 0.5) is 35.1 Å². The molecule has 0 unspecified atom stereocenters. The molecule has 1 fully saturated rings. The van der Waals surface area contributed by atoms with Crippen LogP contribution in [-0.4, -0.2) is 60.2 Å². The Morgan fingerprint density at radius 1 is 0.386 bits per heavy atom. The number of rotatable bonds is 14. The molecule has 9 aromatic rings. The van der Waals surface area contributed by atoms with Crippen LogP contribution in [0.2, 0.25) is 0 Å². The molecule has 9 aromatic heterocycles. The Morgan fingerprint density at radius 3 is 1.27 bits per heavy atom. The van der Waals surface area contributed by atoms with Gasteiger partial charge in [-0.15, -0.1) is 16.6 Å². The van der Waals surface area contributed by atoms with E-state index in [9.17, 15) is 35.1 Å². The van der Waals surface area contributed by atoms with E-state index in [0.29, 0.717) is 24.6 Å². The lowest BCUT2D eigenvalue weighted by Gasteiger charge is -2.21. The third-order valence-corrected chi connectivity index (χ3v) is 15.2. The van der Waals surface area contributed by atoms with Crippen LogP contribution in [-0.2, 0) is 68.6 Å². The third kappa shape index (κ3) is 44.2. The number of alkyl halides is 8. The highest BCUT2D eigenvalue weighted by Crippen LogP contribution is 2.37. The molecule has 0 radical (unpaired) electrons. The molecule has 14 nitrogen and oxygen atoms in total. The second-order valence-electron chi connectivity index (χ2n) is 36.7. The first-order valence-corrected chi connectivity index (χ1v) is 37.0. The average molecular weight is 1600 g/mol. The van der Waals surface area contributed by atoms with Crippen LogP contribution < -0.4 is 0 Å². The molecule has 0 aliphatic heterocycles. The van der Waals surface area contributed by atoms with Crippen molar-refractivity contribution in [1.29, 1.82) is 0 Å². The smallest absolute Gasteiger partial charge is 0.287 e. The van der Waals surface area contributed by atoms with Crippen LogP contribution in [0.3, 0.4) is 0 Å². The van der Waals surface area contributed by atoms with Crippen molar-refractivity contribution in [3.63, 3.8) is 0 Å². The normalized spacial score (nSPS) is 12.5. The van der Waals surface area contributed by atoms with Crippen molar-refractivity contribution in [3.05, 3.63) is 203 Å². The van der Waals surface area contributed by atoms with Gasteiger partial charge in [0.2, 0.25) is 11.8 Å². The fourth-order valence-electron chi connectivity index (χ4n) is 10.2. The van der Waals surface area contributed by atoms with Gasteiger partial charge in [0.05, 0.1) is 5.69 Å². The molecule has 10 rings (SSSR count). The van der Waals surface area contributed by atoms with Crippen LogP contribution >= 0.6 is 0 Å². The zero-order valence-corrected chi connectivity index (χ0v) is 69.1. The summed E-state index contributed by atoms with van der Waals surface area (Å²) < 4.78 is 115. The van der Waals surface area contributed by atoms with Gasteiger partial charge < -0.3 is 8.94 Å². The Balaban J connectivity index is 0. The summed E-state index contributed by atoms with van der Waals surface area (Å²) >= 11 is 0. The SMILES string of the molecule is C.C.C.C.C.C#Cc1cccc(CC(C)(C)C)n1.CC(C)(C)Cc1cc(-c2ccccn2)on1.CC(C)(C)Cc1ccc(C(C)(F)F)nc1.CC(C)(C)Cc1cccc(C(C)(F)F)n1.CC(C)(C)Cc1ncc(-c2ccc(C(C)(F)F)nc2)cn1.CC(C)(C)Cc1nccc(C(C)(F)F)n1.CC(C)(C)Cc1nnc(C2CCC2)o1. The first-order chi connectivity index (χ1) is 49.8. The summed E-state index contributed by atoms with van der Waals surface area (Å²) in [4.78, 5) is 36.6. The zero-order valence-electron chi connectivity index (χ0n) is 69.1. The van der Waals surface area contributed by atoms with E-state index in [1.807, 2.05) is 63.2 Å². The van der Waals surface area contributed by atoms with E-state index in [1.165, 1.54) is 62.1 Å². The lowest BCUT2D eigenvalue weighted by molar-refractivity contribution is 0.0117. The first kappa shape index (κ1) is 107. The van der Waals surface area contributed by atoms with Gasteiger partial charge in [-0.3, -0.25) is 19.9 Å². The second kappa shape index (κ2) is 45.0. The predicted molar refractivity (Wildman–Crippen MR) is 453 cm³/mol. The van der Waals surface area contributed by atoms with E-state index >= 15 is 0 Å². The Kier molecular flexibility index (Phi) is 42.3. The Labute approximate surface area is 680 Å². The molecule has 0 aromatic carbocycles. The Morgan fingerprint density at radius 2 is 0.842 bits per heavy atom. The molecule has 9 heterocycles. The summed E-state index contributed by atoms with van der Waals surface area (Å²) in [6, 6.07) is 25.7. The van der Waals surface area contributed by atoms with Gasteiger partial charge in [-0.25, -0.2) is 24.9 Å². The quantitative estimate of drug-likeness (QED) is 0.0741. The highest BCUT2D eigenvalue weighted by Gasteiger charge is 2.31. The summed E-state index contributed by atoms with van der Waals surface area (Å²) in [5.74, 6) is -4.79. The number of aromatic nitrogens is 12. The van der Waals surface area contributed by atoms with E-state index in [4.69, 9.17) is 15.4 Å². The maximum absolute atomic E-state index is 13.1. The van der Waals surface area contributed by atoms with Crippen LogP contribution in [0.15, 0.2) is 137 Å². The van der Waals surface area contributed by atoms with E-state index in [2.05, 4.69) is 191 Å². The minimum Gasteiger partial charge on any atom is -0.425 e. The number of hydrogen-bond donors (Lipinski definition) is 0. The molecule has 0 amide bonds. The van der Waals surface area contributed by atoms with Crippen molar-refractivity contribution in [2.75, 3.05) is 0 Å². The summed E-state index contributed by atoms with van der Waals surface area (Å²) in [7, 11) is 0. The monoisotopic (exact) mass is 1600 g/mol. The summed E-state index contributed by atoms with van der Waals surface area (Å²) in [5.41, 5.74) is 7.10. The van der Waals surface area contributed by atoms with E-state index < -0.39 is 23.7 Å². The standard InChI is InChI=1S/C16H19F2N3.C13H16N2O.2C12H17F2N.C12H15N.C11H16F2N2.C11H18N2O.5CH4/c1-15(2,3)7-14-20-9-12(10-21-14)11-5-6-13(19-8-11)16(4,17)18;1-13(2,3)9-10-8-12(16-15-10)11-6-4-5-7-14-11;1-11(2,3)7-9-5-6-10(15-8-9)12(4,13)14;1-11(2,3)8-9-6-5-7-10(15-9)12(4,13)14;1-5-10-7-6-8-11(13-10)9-12(2,3)4;1-10(2,3)7-9-14-6-5-8(15-9)11(4,12)13;1-11(2,3)7-9-12-13-10(14-9)8-5-4-6-8;;;;;/h5-6,8-10H,7H2,1-4H3;4-8H,9H2,1-3H3;5-6,8H,7H2,1-4H3;5-7H,8H2,1-4H3;1,6-8H,9H2,2-4H3;5-6H,7H2,1-4H3;8H,4-7H2,1-3H3;5*1H4. The molecule has 1 saturated carbocycles. The maximum Gasteiger partial charge on any atom is 0.287 e. The third-order valence-electron chi connectivity index (χ3n) is 15.2. The highest BCUT2D eigenvalue weighted by molar-refractivity contribution is 5.60. The topological polar surface area (TPSA) is 181 Å². The molecule has 0 saturated heterocycles. The number of halogens is 8. The molecule has 0 bridgehead atoms. The molecule has 1 aliphatic rings. The molecular formula is C92H138F8N12O2. The van der Waals surface area contributed by atoms with Gasteiger partial charge in [-0.2, -0.15) is 35.1 Å². The van der Waals surface area contributed by atoms with Gasteiger partial charge in [0.25, 0.3) is 23.7 Å². The van der Waals surface area contributed by atoms with Crippen molar-refractivity contribution in [1.82, 2.24) is 60.2 Å². The molecule has 634 valence electrons. The maximum atomic E-state index is 13.1. The molecule has 0 N–H and O–H groups in total. The van der Waals surface area contributed by atoms with Crippen molar-refractivity contribution in [2.24, 2.45) is 37.9 Å². The second-order valence-corrected chi connectivity index (χ2v) is 36.7. The number of terminal acetylenes is 1. The van der Waals surface area contributed by atoms with Crippen molar-refractivity contribution < 1.29 is 44.1 Å². The fraction of sp³-hybridized carbons (Fsp3) is 0.565.